The number of hydrogen-bond donors (Lipinski definition) is 2. The Morgan fingerprint density at radius 3 is 2.38 bits per heavy atom. The lowest BCUT2D eigenvalue weighted by Crippen LogP contribution is -2.19. The molecule has 0 aliphatic carbocycles. The number of benzene rings is 1. The van der Waals surface area contributed by atoms with Crippen LogP contribution in [0.5, 0.6) is 5.75 Å². The Labute approximate surface area is 92.9 Å². The zero-order valence-corrected chi connectivity index (χ0v) is 8.39. The SMILES string of the molecule is NC(=O)c1cc(N)c(Cl)c(OC(F)(F)F)c1. The molecule has 88 valence electrons. The third-order valence-electron chi connectivity index (χ3n) is 1.58. The Morgan fingerprint density at radius 1 is 1.38 bits per heavy atom. The highest BCUT2D eigenvalue weighted by Crippen LogP contribution is 2.35. The molecule has 4 nitrogen and oxygen atoms in total. The summed E-state index contributed by atoms with van der Waals surface area (Å²) in [7, 11) is 0. The van der Waals surface area contributed by atoms with Gasteiger partial charge in [0.05, 0.1) is 5.69 Å². The van der Waals surface area contributed by atoms with Crippen molar-refractivity contribution in [3.63, 3.8) is 0 Å². The number of amides is 1. The van der Waals surface area contributed by atoms with Crippen LogP contribution in [0.25, 0.3) is 0 Å². The molecular weight excluding hydrogens is 249 g/mol. The lowest BCUT2D eigenvalue weighted by Gasteiger charge is -2.12. The summed E-state index contributed by atoms with van der Waals surface area (Å²) in [6, 6.07) is 1.84. The molecule has 16 heavy (non-hydrogen) atoms. The molecule has 0 unspecified atom stereocenters. The van der Waals surface area contributed by atoms with Crippen LogP contribution in [0.3, 0.4) is 0 Å². The molecule has 8 heteroatoms. The monoisotopic (exact) mass is 254 g/mol. The van der Waals surface area contributed by atoms with Crippen molar-refractivity contribution >= 4 is 23.2 Å². The molecule has 4 N–H and O–H groups in total. The second-order valence-electron chi connectivity index (χ2n) is 2.79. The highest BCUT2D eigenvalue weighted by Gasteiger charge is 2.32. The second kappa shape index (κ2) is 4.09. The summed E-state index contributed by atoms with van der Waals surface area (Å²) in [6.07, 6.45) is -4.92. The van der Waals surface area contributed by atoms with Gasteiger partial charge in [0.1, 0.15) is 5.02 Å². The third-order valence-corrected chi connectivity index (χ3v) is 1.98. The zero-order valence-electron chi connectivity index (χ0n) is 7.64. The fraction of sp³-hybridized carbons (Fsp3) is 0.125. The molecule has 0 heterocycles. The molecule has 0 aliphatic rings. The molecule has 0 saturated heterocycles. The van der Waals surface area contributed by atoms with Crippen molar-refractivity contribution in [2.75, 3.05) is 5.73 Å². The van der Waals surface area contributed by atoms with E-state index in [0.717, 1.165) is 12.1 Å². The predicted molar refractivity (Wildman–Crippen MR) is 51.1 cm³/mol. The summed E-state index contributed by atoms with van der Waals surface area (Å²) < 4.78 is 39.4. The quantitative estimate of drug-likeness (QED) is 0.792. The van der Waals surface area contributed by atoms with Gasteiger partial charge in [-0.2, -0.15) is 0 Å². The van der Waals surface area contributed by atoms with Gasteiger partial charge in [0.15, 0.2) is 5.75 Å². The van der Waals surface area contributed by atoms with E-state index in [9.17, 15) is 18.0 Å². The number of hydrogen-bond acceptors (Lipinski definition) is 3. The minimum Gasteiger partial charge on any atom is -0.404 e. The Kier molecular flexibility index (Phi) is 3.18. The number of nitrogen functional groups attached to an aromatic ring is 1. The third kappa shape index (κ3) is 2.93. The largest absolute Gasteiger partial charge is 0.573 e. The number of halogens is 4. The van der Waals surface area contributed by atoms with Gasteiger partial charge in [-0.3, -0.25) is 4.79 Å². The van der Waals surface area contributed by atoms with Gasteiger partial charge in [-0.15, -0.1) is 13.2 Å². The molecule has 0 saturated carbocycles. The lowest BCUT2D eigenvalue weighted by atomic mass is 10.2. The molecule has 1 aromatic rings. The van der Waals surface area contributed by atoms with Gasteiger partial charge in [0.25, 0.3) is 0 Å². The van der Waals surface area contributed by atoms with Gasteiger partial charge in [-0.1, -0.05) is 11.6 Å². The van der Waals surface area contributed by atoms with Crippen LogP contribution < -0.4 is 16.2 Å². The van der Waals surface area contributed by atoms with E-state index >= 15 is 0 Å². The van der Waals surface area contributed by atoms with E-state index in [-0.39, 0.29) is 11.3 Å². The van der Waals surface area contributed by atoms with Crippen molar-refractivity contribution in [1.29, 1.82) is 0 Å². The van der Waals surface area contributed by atoms with E-state index in [2.05, 4.69) is 4.74 Å². The van der Waals surface area contributed by atoms with Gasteiger partial charge >= 0.3 is 6.36 Å². The predicted octanol–water partition coefficient (Wildman–Crippen LogP) is 1.92. The first-order valence-corrected chi connectivity index (χ1v) is 4.23. The van der Waals surface area contributed by atoms with Gasteiger partial charge in [-0.05, 0) is 12.1 Å². The molecule has 1 amide bonds. The number of nitrogens with two attached hydrogens (primary N) is 2. The summed E-state index contributed by atoms with van der Waals surface area (Å²) in [5.74, 6) is -1.70. The average Bonchev–Trinajstić information content (AvgIpc) is 2.10. The first-order valence-electron chi connectivity index (χ1n) is 3.85. The minimum atomic E-state index is -4.92. The van der Waals surface area contributed by atoms with Crippen LogP contribution in [0, 0.1) is 0 Å². The molecule has 0 spiro atoms. The molecule has 0 aromatic heterocycles. The summed E-state index contributed by atoms with van der Waals surface area (Å²) in [5.41, 5.74) is 9.74. The first kappa shape index (κ1) is 12.4. The molecule has 1 aromatic carbocycles. The molecule has 0 aliphatic heterocycles. The summed E-state index contributed by atoms with van der Waals surface area (Å²) in [5, 5.41) is -0.428. The number of anilines is 1. The van der Waals surface area contributed by atoms with Gasteiger partial charge in [-0.25, -0.2) is 0 Å². The topological polar surface area (TPSA) is 78.3 Å². The van der Waals surface area contributed by atoms with E-state index in [1.165, 1.54) is 0 Å². The highest BCUT2D eigenvalue weighted by molar-refractivity contribution is 6.34. The Hall–Kier alpha value is -1.63. The van der Waals surface area contributed by atoms with Crippen LogP contribution in [0.4, 0.5) is 18.9 Å². The smallest absolute Gasteiger partial charge is 0.404 e. The van der Waals surface area contributed by atoms with Crippen molar-refractivity contribution < 1.29 is 22.7 Å². The fourth-order valence-corrected chi connectivity index (χ4v) is 1.11. The van der Waals surface area contributed by atoms with Gasteiger partial charge in [0, 0.05) is 5.56 Å². The molecule has 1 rings (SSSR count). The molecule has 0 fully saturated rings. The molecule has 0 atom stereocenters. The Morgan fingerprint density at radius 2 is 1.94 bits per heavy atom. The maximum Gasteiger partial charge on any atom is 0.573 e. The van der Waals surface area contributed by atoms with Crippen LogP contribution in [-0.2, 0) is 0 Å². The van der Waals surface area contributed by atoms with Crippen molar-refractivity contribution in [2.24, 2.45) is 5.73 Å². The normalized spacial score (nSPS) is 11.2. The van der Waals surface area contributed by atoms with Gasteiger partial charge < -0.3 is 16.2 Å². The zero-order chi connectivity index (χ0) is 12.5. The molecule has 0 radical (unpaired) electrons. The highest BCUT2D eigenvalue weighted by atomic mass is 35.5. The Bertz CT molecular complexity index is 434. The van der Waals surface area contributed by atoms with Crippen LogP contribution in [0.1, 0.15) is 10.4 Å². The lowest BCUT2D eigenvalue weighted by molar-refractivity contribution is -0.274. The van der Waals surface area contributed by atoms with E-state index < -0.39 is 23.0 Å². The number of carbonyl (C=O) groups is 1. The van der Waals surface area contributed by atoms with Crippen molar-refractivity contribution in [1.82, 2.24) is 0 Å². The summed E-state index contributed by atoms with van der Waals surface area (Å²) in [4.78, 5) is 10.8. The standard InChI is InChI=1S/C8H6ClF3N2O2/c9-6-4(13)1-3(7(14)15)2-5(6)16-8(10,11)12/h1-2H,13H2,(H2,14,15). The van der Waals surface area contributed by atoms with E-state index in [4.69, 9.17) is 23.1 Å². The minimum absolute atomic E-state index is 0.221. The Balaban J connectivity index is 3.22. The van der Waals surface area contributed by atoms with Crippen LogP contribution in [0.15, 0.2) is 12.1 Å². The van der Waals surface area contributed by atoms with Crippen LogP contribution in [-0.4, -0.2) is 12.3 Å². The second-order valence-corrected chi connectivity index (χ2v) is 3.17. The van der Waals surface area contributed by atoms with Crippen molar-refractivity contribution in [2.45, 2.75) is 6.36 Å². The number of rotatable bonds is 2. The summed E-state index contributed by atoms with van der Waals surface area (Å²) >= 11 is 5.47. The van der Waals surface area contributed by atoms with Crippen LogP contribution >= 0.6 is 11.6 Å². The fourth-order valence-electron chi connectivity index (χ4n) is 0.961. The summed E-state index contributed by atoms with van der Waals surface area (Å²) in [6.45, 7) is 0. The van der Waals surface area contributed by atoms with Crippen molar-refractivity contribution in [3.05, 3.63) is 22.7 Å². The molecular formula is C8H6ClF3N2O2. The van der Waals surface area contributed by atoms with E-state index in [1.54, 1.807) is 0 Å². The molecule has 0 bridgehead atoms. The number of primary amides is 1. The van der Waals surface area contributed by atoms with Crippen LogP contribution in [0.2, 0.25) is 5.02 Å². The average molecular weight is 255 g/mol. The van der Waals surface area contributed by atoms with E-state index in [1.807, 2.05) is 0 Å². The first-order chi connectivity index (χ1) is 7.20. The maximum absolute atomic E-state index is 11.9. The van der Waals surface area contributed by atoms with Gasteiger partial charge in [0.2, 0.25) is 5.91 Å². The number of ether oxygens (including phenoxy) is 1. The number of carbonyl (C=O) groups excluding carboxylic acids is 1. The van der Waals surface area contributed by atoms with E-state index in [0.29, 0.717) is 0 Å². The maximum atomic E-state index is 11.9. The van der Waals surface area contributed by atoms with Crippen molar-refractivity contribution in [3.8, 4) is 5.75 Å². The number of alkyl halides is 3.